The summed E-state index contributed by atoms with van der Waals surface area (Å²) in [4.78, 5) is -0.0471. The molecule has 3 aromatic carbocycles. The van der Waals surface area contributed by atoms with E-state index in [1.54, 1.807) is 12.1 Å². The van der Waals surface area contributed by atoms with E-state index in [1.807, 2.05) is 30.0 Å². The number of quaternary nitrogens is 1. The van der Waals surface area contributed by atoms with Gasteiger partial charge in [0.25, 0.3) is 10.1 Å². The van der Waals surface area contributed by atoms with Crippen LogP contribution in [-0.2, 0) is 23.1 Å². The highest BCUT2D eigenvalue weighted by atomic mass is 32.2. The summed E-state index contributed by atoms with van der Waals surface area (Å²) in [5.74, 6) is 1.24. The first-order valence-corrected chi connectivity index (χ1v) is 13.5. The van der Waals surface area contributed by atoms with Crippen LogP contribution in [0.2, 0.25) is 0 Å². The molecule has 0 aliphatic carbocycles. The molecule has 30 heavy (non-hydrogen) atoms. The highest BCUT2D eigenvalue weighted by Gasteiger charge is 2.25. The summed E-state index contributed by atoms with van der Waals surface area (Å²) in [6.07, 6.45) is 1.12. The Kier molecular flexibility index (Phi) is 6.19. The van der Waals surface area contributed by atoms with Crippen molar-refractivity contribution in [3.63, 3.8) is 0 Å². The lowest BCUT2D eigenvalue weighted by molar-refractivity contribution is 0.395. The first-order chi connectivity index (χ1) is 14.2. The van der Waals surface area contributed by atoms with E-state index in [0.29, 0.717) is 9.87 Å². The first kappa shape index (κ1) is 21.7. The molecular formula is C23H26NO3S3+. The van der Waals surface area contributed by atoms with Crippen LogP contribution in [-0.4, -0.2) is 43.2 Å². The highest BCUT2D eigenvalue weighted by molar-refractivity contribution is 8.19. The largest absolute Gasteiger partial charge is 0.295 e. The minimum Gasteiger partial charge on any atom is -0.292 e. The van der Waals surface area contributed by atoms with Crippen molar-refractivity contribution < 1.29 is 13.0 Å². The fraction of sp³-hybridized carbons (Fsp3) is 0.304. The van der Waals surface area contributed by atoms with E-state index in [0.717, 1.165) is 29.3 Å². The highest BCUT2D eigenvalue weighted by Crippen LogP contribution is 2.35. The van der Waals surface area contributed by atoms with Crippen molar-refractivity contribution in [2.24, 2.45) is 0 Å². The van der Waals surface area contributed by atoms with Crippen LogP contribution in [0.5, 0.6) is 0 Å². The smallest absolute Gasteiger partial charge is 0.292 e. The van der Waals surface area contributed by atoms with Gasteiger partial charge in [-0.1, -0.05) is 42.5 Å². The van der Waals surface area contributed by atoms with Crippen LogP contribution >= 0.6 is 23.5 Å². The summed E-state index contributed by atoms with van der Waals surface area (Å²) in [5, 5.41) is 3.32. The van der Waals surface area contributed by atoms with Gasteiger partial charge < -0.3 is 0 Å². The number of thioether (sulfide) groups is 2. The molecule has 4 nitrogen and oxygen atoms in total. The average Bonchev–Trinajstić information content (AvgIpc) is 3.20. The molecule has 4 rings (SSSR count). The number of benzene rings is 3. The molecule has 0 radical (unpaired) electrons. The van der Waals surface area contributed by atoms with Gasteiger partial charge >= 0.3 is 0 Å². The maximum Gasteiger partial charge on any atom is 0.295 e. The molecule has 1 saturated heterocycles. The minimum absolute atomic E-state index is 0.0471. The number of hydrogen-bond acceptors (Lipinski definition) is 4. The second kappa shape index (κ2) is 8.55. The minimum atomic E-state index is -4.28. The molecule has 1 aliphatic heterocycles. The van der Waals surface area contributed by atoms with Crippen LogP contribution < -0.4 is 4.48 Å². The van der Waals surface area contributed by atoms with E-state index in [9.17, 15) is 13.0 Å². The predicted molar refractivity (Wildman–Crippen MR) is 130 cm³/mol. The zero-order valence-corrected chi connectivity index (χ0v) is 19.6. The molecule has 1 heterocycles. The third-order valence-electron chi connectivity index (χ3n) is 5.54. The Bertz CT molecular complexity index is 1150. The van der Waals surface area contributed by atoms with E-state index in [1.165, 1.54) is 28.0 Å². The van der Waals surface area contributed by atoms with Crippen molar-refractivity contribution in [2.75, 3.05) is 24.9 Å². The molecule has 3 aromatic rings. The van der Waals surface area contributed by atoms with E-state index < -0.39 is 10.1 Å². The Balaban J connectivity index is 1.61. The molecule has 0 amide bonds. The lowest BCUT2D eigenvalue weighted by Crippen LogP contribution is -2.39. The van der Waals surface area contributed by atoms with E-state index in [4.69, 9.17) is 0 Å². The van der Waals surface area contributed by atoms with Crippen LogP contribution in [0.1, 0.15) is 11.1 Å². The van der Waals surface area contributed by atoms with Gasteiger partial charge in [0.15, 0.2) is 0 Å². The maximum atomic E-state index is 11.8. The molecule has 0 spiro atoms. The van der Waals surface area contributed by atoms with Gasteiger partial charge in [0.1, 0.15) is 17.1 Å². The third kappa shape index (κ3) is 4.70. The van der Waals surface area contributed by atoms with Gasteiger partial charge in [0, 0.05) is 32.4 Å². The Morgan fingerprint density at radius 2 is 1.63 bits per heavy atom. The molecule has 0 saturated carbocycles. The quantitative estimate of drug-likeness (QED) is 0.405. The van der Waals surface area contributed by atoms with Crippen LogP contribution in [0.25, 0.3) is 10.8 Å². The lowest BCUT2D eigenvalue weighted by atomic mass is 10.0. The van der Waals surface area contributed by atoms with Gasteiger partial charge in [-0.2, -0.15) is 8.42 Å². The summed E-state index contributed by atoms with van der Waals surface area (Å²) in [6, 6.07) is 19.6. The average molecular weight is 461 g/mol. The molecule has 1 atom stereocenters. The maximum absolute atomic E-state index is 11.8. The van der Waals surface area contributed by atoms with Crippen molar-refractivity contribution >= 4 is 50.1 Å². The number of rotatable bonds is 6. The summed E-state index contributed by atoms with van der Waals surface area (Å²) in [5.41, 5.74) is 3.63. The summed E-state index contributed by atoms with van der Waals surface area (Å²) >= 11 is 4.07. The zero-order valence-electron chi connectivity index (χ0n) is 17.1. The van der Waals surface area contributed by atoms with Crippen LogP contribution in [0.15, 0.2) is 65.6 Å². The van der Waals surface area contributed by atoms with Gasteiger partial charge in [-0.05, 0) is 30.2 Å². The molecule has 0 aromatic heterocycles. The lowest BCUT2D eigenvalue weighted by Gasteiger charge is -2.30. The van der Waals surface area contributed by atoms with Crippen molar-refractivity contribution in [1.29, 1.82) is 0 Å². The van der Waals surface area contributed by atoms with E-state index >= 15 is 0 Å². The molecule has 1 aliphatic rings. The SMILES string of the molecule is C[N+](C)(Cc1ccc(CC2CSCS2)cc1)c1cccc2c(S(=O)(=O)O)cccc12. The van der Waals surface area contributed by atoms with E-state index in [-0.39, 0.29) is 4.90 Å². The fourth-order valence-corrected chi connectivity index (χ4v) is 7.70. The predicted octanol–water partition coefficient (Wildman–Crippen LogP) is 5.20. The Hall–Kier alpha value is -1.51. The van der Waals surface area contributed by atoms with Gasteiger partial charge in [-0.15, -0.1) is 23.5 Å². The Labute approximate surface area is 187 Å². The molecule has 158 valence electrons. The van der Waals surface area contributed by atoms with Gasteiger partial charge in [0.2, 0.25) is 0 Å². The van der Waals surface area contributed by atoms with Gasteiger partial charge in [-0.3, -0.25) is 9.04 Å². The molecule has 7 heteroatoms. The van der Waals surface area contributed by atoms with Crippen LogP contribution in [0, 0.1) is 0 Å². The summed E-state index contributed by atoms with van der Waals surface area (Å²) in [7, 11) is -0.0351. The number of fused-ring (bicyclic) bond motifs is 1. The van der Waals surface area contributed by atoms with Crippen molar-refractivity contribution in [1.82, 2.24) is 4.48 Å². The molecule has 1 fully saturated rings. The Morgan fingerprint density at radius 3 is 2.30 bits per heavy atom. The standard InChI is InChI=1S/C23H25NO3S3/c1-24(2,14-18-11-9-17(10-12-18)13-19-15-28-16-29-19)22-7-3-6-21-20(22)5-4-8-23(21)30(25,26)27/h3-12,19H,13-16H2,1-2H3/p+1. The van der Waals surface area contributed by atoms with Gasteiger partial charge in [-0.25, -0.2) is 0 Å². The Morgan fingerprint density at radius 1 is 0.967 bits per heavy atom. The molecule has 1 unspecified atom stereocenters. The molecule has 1 N–H and O–H groups in total. The molecular weight excluding hydrogens is 434 g/mol. The second-order valence-electron chi connectivity index (χ2n) is 8.24. The van der Waals surface area contributed by atoms with Gasteiger partial charge in [0.05, 0.1) is 14.1 Å². The summed E-state index contributed by atoms with van der Waals surface area (Å²) in [6.45, 7) is 0.781. The fourth-order valence-electron chi connectivity index (χ4n) is 4.09. The monoisotopic (exact) mass is 460 g/mol. The third-order valence-corrected chi connectivity index (χ3v) is 9.32. The van der Waals surface area contributed by atoms with E-state index in [2.05, 4.69) is 50.1 Å². The topological polar surface area (TPSA) is 54.4 Å². The number of nitrogens with zero attached hydrogens (tertiary/aromatic N) is 1. The second-order valence-corrected chi connectivity index (χ2v) is 12.3. The normalized spacial score (nSPS) is 17.5. The van der Waals surface area contributed by atoms with Crippen molar-refractivity contribution in [3.05, 3.63) is 71.8 Å². The molecule has 0 bridgehead atoms. The van der Waals surface area contributed by atoms with Crippen LogP contribution in [0.4, 0.5) is 5.69 Å². The summed E-state index contributed by atoms with van der Waals surface area (Å²) < 4.78 is 33.8. The van der Waals surface area contributed by atoms with Crippen molar-refractivity contribution in [2.45, 2.75) is 23.1 Å². The first-order valence-electron chi connectivity index (χ1n) is 9.84. The van der Waals surface area contributed by atoms with Crippen LogP contribution in [0.3, 0.4) is 0 Å². The van der Waals surface area contributed by atoms with Crippen molar-refractivity contribution in [3.8, 4) is 0 Å². The zero-order chi connectivity index (χ0) is 21.4. The number of hydrogen-bond donors (Lipinski definition) is 1.